The first-order chi connectivity index (χ1) is 13.2. The summed E-state index contributed by atoms with van der Waals surface area (Å²) in [4.78, 5) is 31.1. The molecule has 1 aromatic rings. The van der Waals surface area contributed by atoms with E-state index in [0.29, 0.717) is 63.9 Å². The smallest absolute Gasteiger partial charge is 0.257 e. The fourth-order valence-electron chi connectivity index (χ4n) is 3.30. The third-order valence-electron chi connectivity index (χ3n) is 4.86. The lowest BCUT2D eigenvalue weighted by molar-refractivity contribution is -0.134. The SMILES string of the molecule is C=CCOc1ccccc1C(=O)N1CCN(C(=O)CN2CCOCC2)CC1. The summed E-state index contributed by atoms with van der Waals surface area (Å²) >= 11 is 0. The Labute approximate surface area is 160 Å². The van der Waals surface area contributed by atoms with E-state index < -0.39 is 0 Å². The number of ether oxygens (including phenoxy) is 2. The molecule has 0 N–H and O–H groups in total. The first kappa shape index (κ1) is 19.4. The second kappa shape index (κ2) is 9.53. The summed E-state index contributed by atoms with van der Waals surface area (Å²) in [6, 6.07) is 7.24. The summed E-state index contributed by atoms with van der Waals surface area (Å²) in [5.74, 6) is 0.627. The maximum absolute atomic E-state index is 12.9. The van der Waals surface area contributed by atoms with Gasteiger partial charge < -0.3 is 19.3 Å². The van der Waals surface area contributed by atoms with Crippen LogP contribution in [-0.2, 0) is 9.53 Å². The number of morpholine rings is 1. The maximum Gasteiger partial charge on any atom is 0.257 e. The molecule has 146 valence electrons. The molecule has 2 heterocycles. The van der Waals surface area contributed by atoms with Crippen LogP contribution in [0.4, 0.5) is 0 Å². The normalized spacial score (nSPS) is 18.2. The number of carbonyl (C=O) groups is 2. The van der Waals surface area contributed by atoms with Crippen LogP contribution >= 0.6 is 0 Å². The Morgan fingerprint density at radius 3 is 2.41 bits per heavy atom. The van der Waals surface area contributed by atoms with Crippen LogP contribution < -0.4 is 4.74 Å². The van der Waals surface area contributed by atoms with Gasteiger partial charge in [-0.15, -0.1) is 0 Å². The predicted molar refractivity (Wildman–Crippen MR) is 102 cm³/mol. The molecule has 0 spiro atoms. The number of nitrogens with zero attached hydrogens (tertiary/aromatic N) is 3. The third kappa shape index (κ3) is 5.08. The van der Waals surface area contributed by atoms with E-state index in [1.165, 1.54) is 0 Å². The highest BCUT2D eigenvalue weighted by atomic mass is 16.5. The summed E-state index contributed by atoms with van der Waals surface area (Å²) in [6.45, 7) is 9.56. The zero-order chi connectivity index (χ0) is 19.1. The summed E-state index contributed by atoms with van der Waals surface area (Å²) in [6.07, 6.45) is 1.65. The molecule has 1 aromatic carbocycles. The lowest BCUT2D eigenvalue weighted by Gasteiger charge is -2.36. The molecule has 0 atom stereocenters. The third-order valence-corrected chi connectivity index (χ3v) is 4.86. The van der Waals surface area contributed by atoms with Gasteiger partial charge in [0.2, 0.25) is 5.91 Å². The van der Waals surface area contributed by atoms with Gasteiger partial charge in [-0.1, -0.05) is 24.8 Å². The van der Waals surface area contributed by atoms with E-state index in [1.54, 1.807) is 23.1 Å². The van der Waals surface area contributed by atoms with Gasteiger partial charge in [-0.2, -0.15) is 0 Å². The van der Waals surface area contributed by atoms with Crippen LogP contribution in [0.1, 0.15) is 10.4 Å². The Morgan fingerprint density at radius 1 is 1.04 bits per heavy atom. The van der Waals surface area contributed by atoms with Crippen LogP contribution in [0.3, 0.4) is 0 Å². The van der Waals surface area contributed by atoms with Gasteiger partial charge in [-0.05, 0) is 12.1 Å². The predicted octanol–water partition coefficient (Wildman–Crippen LogP) is 0.868. The zero-order valence-corrected chi connectivity index (χ0v) is 15.6. The highest BCUT2D eigenvalue weighted by Gasteiger charge is 2.27. The van der Waals surface area contributed by atoms with E-state index in [9.17, 15) is 9.59 Å². The highest BCUT2D eigenvalue weighted by Crippen LogP contribution is 2.21. The van der Waals surface area contributed by atoms with Crippen molar-refractivity contribution < 1.29 is 19.1 Å². The Bertz CT molecular complexity index is 665. The van der Waals surface area contributed by atoms with Crippen molar-refractivity contribution >= 4 is 11.8 Å². The molecule has 2 aliphatic rings. The second-order valence-electron chi connectivity index (χ2n) is 6.66. The molecule has 0 aromatic heterocycles. The molecule has 2 aliphatic heterocycles. The van der Waals surface area contributed by atoms with Crippen molar-refractivity contribution in [2.45, 2.75) is 0 Å². The molecule has 7 heteroatoms. The van der Waals surface area contributed by atoms with Gasteiger partial charge in [0.05, 0.1) is 25.3 Å². The Hall–Kier alpha value is -2.38. The molecule has 27 heavy (non-hydrogen) atoms. The van der Waals surface area contributed by atoms with E-state index in [1.807, 2.05) is 17.0 Å². The maximum atomic E-state index is 12.9. The number of para-hydroxylation sites is 1. The van der Waals surface area contributed by atoms with Gasteiger partial charge in [0.25, 0.3) is 5.91 Å². The van der Waals surface area contributed by atoms with Crippen molar-refractivity contribution in [2.75, 3.05) is 65.6 Å². The molecule has 2 fully saturated rings. The van der Waals surface area contributed by atoms with Gasteiger partial charge in [-0.3, -0.25) is 14.5 Å². The molecular weight excluding hydrogens is 346 g/mol. The summed E-state index contributed by atoms with van der Waals surface area (Å²) in [5, 5.41) is 0. The van der Waals surface area contributed by atoms with Crippen molar-refractivity contribution in [3.05, 3.63) is 42.5 Å². The van der Waals surface area contributed by atoms with Crippen molar-refractivity contribution in [3.8, 4) is 5.75 Å². The first-order valence-electron chi connectivity index (χ1n) is 9.39. The monoisotopic (exact) mass is 373 g/mol. The van der Waals surface area contributed by atoms with Gasteiger partial charge in [0.15, 0.2) is 0 Å². The van der Waals surface area contributed by atoms with E-state index in [4.69, 9.17) is 9.47 Å². The topological polar surface area (TPSA) is 62.3 Å². The zero-order valence-electron chi connectivity index (χ0n) is 15.6. The summed E-state index contributed by atoms with van der Waals surface area (Å²) in [5.41, 5.74) is 0.549. The minimum Gasteiger partial charge on any atom is -0.489 e. The number of carbonyl (C=O) groups excluding carboxylic acids is 2. The van der Waals surface area contributed by atoms with Gasteiger partial charge >= 0.3 is 0 Å². The molecule has 0 saturated carbocycles. The minimum atomic E-state index is -0.0602. The second-order valence-corrected chi connectivity index (χ2v) is 6.66. The van der Waals surface area contributed by atoms with Crippen LogP contribution in [-0.4, -0.2) is 92.1 Å². The van der Waals surface area contributed by atoms with Crippen LogP contribution in [0, 0.1) is 0 Å². The molecule has 3 rings (SSSR count). The quantitative estimate of drug-likeness (QED) is 0.693. The largest absolute Gasteiger partial charge is 0.489 e. The van der Waals surface area contributed by atoms with E-state index >= 15 is 0 Å². The van der Waals surface area contributed by atoms with Crippen molar-refractivity contribution in [1.82, 2.24) is 14.7 Å². The average Bonchev–Trinajstić information content (AvgIpc) is 2.73. The molecular formula is C20H27N3O4. The molecule has 0 bridgehead atoms. The van der Waals surface area contributed by atoms with Crippen LogP contribution in [0.15, 0.2) is 36.9 Å². The molecule has 0 aliphatic carbocycles. The summed E-state index contributed by atoms with van der Waals surface area (Å²) in [7, 11) is 0. The highest BCUT2D eigenvalue weighted by molar-refractivity contribution is 5.97. The fraction of sp³-hybridized carbons (Fsp3) is 0.500. The lowest BCUT2D eigenvalue weighted by Crippen LogP contribution is -2.53. The van der Waals surface area contributed by atoms with Crippen LogP contribution in [0.2, 0.25) is 0 Å². The van der Waals surface area contributed by atoms with Gasteiger partial charge in [0.1, 0.15) is 12.4 Å². The van der Waals surface area contributed by atoms with Crippen molar-refractivity contribution in [1.29, 1.82) is 0 Å². The molecule has 2 amide bonds. The van der Waals surface area contributed by atoms with Gasteiger partial charge in [-0.25, -0.2) is 0 Å². The summed E-state index contributed by atoms with van der Waals surface area (Å²) < 4.78 is 10.9. The Morgan fingerprint density at radius 2 is 1.70 bits per heavy atom. The molecule has 2 saturated heterocycles. The standard InChI is InChI=1S/C20H27N3O4/c1-2-13-27-18-6-4-3-5-17(18)20(25)23-9-7-22(8-10-23)19(24)16-21-11-14-26-15-12-21/h2-6H,1,7-16H2. The first-order valence-corrected chi connectivity index (χ1v) is 9.39. The Balaban J connectivity index is 1.53. The van der Waals surface area contributed by atoms with E-state index in [2.05, 4.69) is 11.5 Å². The fourth-order valence-corrected chi connectivity index (χ4v) is 3.30. The van der Waals surface area contributed by atoms with Crippen molar-refractivity contribution in [2.24, 2.45) is 0 Å². The number of hydrogen-bond acceptors (Lipinski definition) is 5. The lowest BCUT2D eigenvalue weighted by atomic mass is 10.1. The van der Waals surface area contributed by atoms with E-state index in [0.717, 1.165) is 13.1 Å². The number of benzene rings is 1. The van der Waals surface area contributed by atoms with Crippen molar-refractivity contribution in [3.63, 3.8) is 0 Å². The van der Waals surface area contributed by atoms with E-state index in [-0.39, 0.29) is 11.8 Å². The minimum absolute atomic E-state index is 0.0602. The molecule has 7 nitrogen and oxygen atoms in total. The Kier molecular flexibility index (Phi) is 6.84. The average molecular weight is 373 g/mol. The molecule has 0 radical (unpaired) electrons. The van der Waals surface area contributed by atoms with Crippen LogP contribution in [0.5, 0.6) is 5.75 Å². The number of amides is 2. The number of rotatable bonds is 6. The number of hydrogen-bond donors (Lipinski definition) is 0. The number of piperazine rings is 1. The van der Waals surface area contributed by atoms with Gasteiger partial charge in [0, 0.05) is 39.3 Å². The van der Waals surface area contributed by atoms with Crippen LogP contribution in [0.25, 0.3) is 0 Å². The molecule has 0 unspecified atom stereocenters.